The third-order valence-electron chi connectivity index (χ3n) is 5.23. The molecule has 2 aromatic rings. The number of rotatable bonds is 8. The maximum Gasteiger partial charge on any atom is 0.331 e. The van der Waals surface area contributed by atoms with E-state index in [1.54, 1.807) is 47.8 Å². The Kier molecular flexibility index (Phi) is 8.24. The van der Waals surface area contributed by atoms with Crippen LogP contribution in [0.2, 0.25) is 0 Å². The molecule has 1 amide bonds. The normalized spacial score (nSPS) is 15.4. The van der Waals surface area contributed by atoms with E-state index in [9.17, 15) is 18.0 Å². The summed E-state index contributed by atoms with van der Waals surface area (Å²) in [5.74, 6) is -0.384. The Morgan fingerprint density at radius 3 is 2.41 bits per heavy atom. The van der Waals surface area contributed by atoms with Crippen LogP contribution in [0.5, 0.6) is 0 Å². The van der Waals surface area contributed by atoms with Crippen molar-refractivity contribution in [3.8, 4) is 0 Å². The third-order valence-corrected chi connectivity index (χ3v) is 7.14. The van der Waals surface area contributed by atoms with Crippen molar-refractivity contribution in [3.05, 3.63) is 60.1 Å². The molecule has 2 heterocycles. The molecule has 172 valence electrons. The van der Waals surface area contributed by atoms with Gasteiger partial charge in [0.05, 0.1) is 17.7 Å². The first-order valence-corrected chi connectivity index (χ1v) is 12.0. The quantitative estimate of drug-likeness (QED) is 0.444. The van der Waals surface area contributed by atoms with Crippen LogP contribution in [0.4, 0.5) is 0 Å². The summed E-state index contributed by atoms with van der Waals surface area (Å²) in [4.78, 5) is 25.6. The second kappa shape index (κ2) is 11.1. The smallest absolute Gasteiger partial charge is 0.331 e. The van der Waals surface area contributed by atoms with E-state index < -0.39 is 16.0 Å². The maximum atomic E-state index is 12.8. The van der Waals surface area contributed by atoms with E-state index in [0.29, 0.717) is 24.4 Å². The van der Waals surface area contributed by atoms with Crippen molar-refractivity contribution in [2.24, 2.45) is 0 Å². The van der Waals surface area contributed by atoms with Crippen molar-refractivity contribution < 1.29 is 27.2 Å². The molecule has 1 aromatic heterocycles. The molecule has 1 aliphatic heterocycles. The lowest BCUT2D eigenvalue weighted by molar-refractivity contribution is -0.147. The Hall–Kier alpha value is -2.91. The van der Waals surface area contributed by atoms with E-state index >= 15 is 0 Å². The predicted octanol–water partition coefficient (Wildman–Crippen LogP) is 3.06. The number of nitrogens with zero attached hydrogens (tertiary/aromatic N) is 2. The van der Waals surface area contributed by atoms with Crippen molar-refractivity contribution in [1.29, 1.82) is 0 Å². The minimum atomic E-state index is -3.51. The van der Waals surface area contributed by atoms with Gasteiger partial charge in [-0.15, -0.1) is 0 Å². The van der Waals surface area contributed by atoms with Crippen LogP contribution < -0.4 is 0 Å². The first-order valence-electron chi connectivity index (χ1n) is 10.6. The summed E-state index contributed by atoms with van der Waals surface area (Å²) in [7, 11) is -1.92. The Bertz CT molecular complexity index is 1020. The van der Waals surface area contributed by atoms with Gasteiger partial charge in [-0.25, -0.2) is 13.2 Å². The van der Waals surface area contributed by atoms with Gasteiger partial charge in [0.1, 0.15) is 5.76 Å². The number of likely N-dealkylation sites (N-methyl/N-ethyl adjacent to an activating group) is 1. The van der Waals surface area contributed by atoms with E-state index in [4.69, 9.17) is 9.15 Å². The van der Waals surface area contributed by atoms with Crippen molar-refractivity contribution >= 4 is 28.0 Å². The molecular weight excluding hydrogens is 432 g/mol. The molecule has 3 rings (SSSR count). The van der Waals surface area contributed by atoms with Gasteiger partial charge in [-0.3, -0.25) is 4.79 Å². The van der Waals surface area contributed by atoms with Crippen LogP contribution in [0.3, 0.4) is 0 Å². The second-order valence-electron chi connectivity index (χ2n) is 7.66. The van der Waals surface area contributed by atoms with E-state index in [0.717, 1.165) is 25.7 Å². The Morgan fingerprint density at radius 2 is 1.78 bits per heavy atom. The minimum Gasteiger partial charge on any atom is -0.467 e. The molecule has 0 bridgehead atoms. The Balaban J connectivity index is 1.50. The zero-order valence-electron chi connectivity index (χ0n) is 18.1. The molecule has 0 radical (unpaired) electrons. The second-order valence-corrected chi connectivity index (χ2v) is 9.60. The van der Waals surface area contributed by atoms with E-state index in [1.807, 2.05) is 0 Å². The number of amides is 1. The van der Waals surface area contributed by atoms with Gasteiger partial charge in [0.25, 0.3) is 5.91 Å². The topological polar surface area (TPSA) is 97.1 Å². The van der Waals surface area contributed by atoms with Gasteiger partial charge in [-0.1, -0.05) is 25.0 Å². The summed E-state index contributed by atoms with van der Waals surface area (Å²) < 4.78 is 37.3. The summed E-state index contributed by atoms with van der Waals surface area (Å²) in [6.07, 6.45) is 8.11. The zero-order chi connectivity index (χ0) is 23.0. The monoisotopic (exact) mass is 460 g/mol. The maximum absolute atomic E-state index is 12.8. The molecule has 0 N–H and O–H groups in total. The van der Waals surface area contributed by atoms with Gasteiger partial charge in [0.15, 0.2) is 6.61 Å². The SMILES string of the molecule is CN(Cc1ccco1)C(=O)COC(=O)/C=C/c1ccc(S(=O)(=O)N2CCCCCC2)cc1. The molecule has 0 aliphatic carbocycles. The first kappa shape index (κ1) is 23.7. The van der Waals surface area contributed by atoms with Crippen molar-refractivity contribution in [2.75, 3.05) is 26.7 Å². The van der Waals surface area contributed by atoms with E-state index in [1.165, 1.54) is 23.3 Å². The van der Waals surface area contributed by atoms with E-state index in [-0.39, 0.29) is 24.0 Å². The van der Waals surface area contributed by atoms with E-state index in [2.05, 4.69) is 0 Å². The first-order chi connectivity index (χ1) is 15.4. The number of hydrogen-bond donors (Lipinski definition) is 0. The fourth-order valence-corrected chi connectivity index (χ4v) is 4.88. The molecule has 32 heavy (non-hydrogen) atoms. The fourth-order valence-electron chi connectivity index (χ4n) is 3.36. The molecule has 0 spiro atoms. The molecular formula is C23H28N2O6S. The van der Waals surface area contributed by atoms with Crippen molar-refractivity contribution in [2.45, 2.75) is 37.1 Å². The third kappa shape index (κ3) is 6.54. The highest BCUT2D eigenvalue weighted by atomic mass is 32.2. The molecule has 1 aliphatic rings. The number of furan rings is 1. The molecule has 0 atom stereocenters. The number of hydrogen-bond acceptors (Lipinski definition) is 6. The minimum absolute atomic E-state index is 0.240. The average Bonchev–Trinajstić information content (AvgIpc) is 3.14. The highest BCUT2D eigenvalue weighted by Crippen LogP contribution is 2.21. The van der Waals surface area contributed by atoms with Gasteiger partial charge in [0.2, 0.25) is 10.0 Å². The summed E-state index contributed by atoms with van der Waals surface area (Å²) >= 11 is 0. The number of sulfonamides is 1. The Morgan fingerprint density at radius 1 is 1.09 bits per heavy atom. The molecule has 9 heteroatoms. The largest absolute Gasteiger partial charge is 0.467 e. The van der Waals surface area contributed by atoms with Crippen LogP contribution in [0.15, 0.2) is 58.1 Å². The molecule has 0 unspecified atom stereocenters. The molecule has 1 saturated heterocycles. The summed E-state index contributed by atoms with van der Waals surface area (Å²) in [6.45, 7) is 0.996. The lowest BCUT2D eigenvalue weighted by Crippen LogP contribution is -2.31. The molecule has 1 aromatic carbocycles. The van der Waals surface area contributed by atoms with Crippen LogP contribution in [-0.2, 0) is 30.9 Å². The van der Waals surface area contributed by atoms with Crippen LogP contribution in [0.25, 0.3) is 6.08 Å². The summed E-state index contributed by atoms with van der Waals surface area (Å²) in [5.41, 5.74) is 0.651. The highest BCUT2D eigenvalue weighted by molar-refractivity contribution is 7.89. The number of carbonyl (C=O) groups excluding carboxylic acids is 2. The van der Waals surface area contributed by atoms with Gasteiger partial charge in [0, 0.05) is 26.2 Å². The fraction of sp³-hybridized carbons (Fsp3) is 0.391. The lowest BCUT2D eigenvalue weighted by atomic mass is 10.2. The van der Waals surface area contributed by atoms with Crippen molar-refractivity contribution in [1.82, 2.24) is 9.21 Å². The van der Waals surface area contributed by atoms with Crippen molar-refractivity contribution in [3.63, 3.8) is 0 Å². The molecule has 8 nitrogen and oxygen atoms in total. The average molecular weight is 461 g/mol. The van der Waals surface area contributed by atoms with Gasteiger partial charge < -0.3 is 14.1 Å². The van der Waals surface area contributed by atoms with Crippen LogP contribution in [0, 0.1) is 0 Å². The number of esters is 1. The standard InChI is InChI=1S/C23H28N2O6S/c1-24(17-20-7-6-16-30-20)22(26)18-31-23(27)13-10-19-8-11-21(12-9-19)32(28,29)25-14-4-2-3-5-15-25/h6-13,16H,2-5,14-15,17-18H2,1H3/b13-10+. The van der Waals surface area contributed by atoms with Crippen LogP contribution >= 0.6 is 0 Å². The highest BCUT2D eigenvalue weighted by Gasteiger charge is 2.24. The molecule has 0 saturated carbocycles. The molecule has 1 fully saturated rings. The summed E-state index contributed by atoms with van der Waals surface area (Å²) in [6, 6.07) is 9.84. The van der Waals surface area contributed by atoms with Gasteiger partial charge in [-0.2, -0.15) is 4.31 Å². The van der Waals surface area contributed by atoms with Crippen LogP contribution in [-0.4, -0.2) is 56.2 Å². The lowest BCUT2D eigenvalue weighted by Gasteiger charge is -2.19. The predicted molar refractivity (Wildman–Crippen MR) is 119 cm³/mol. The number of carbonyl (C=O) groups is 2. The van der Waals surface area contributed by atoms with Gasteiger partial charge in [-0.05, 0) is 48.7 Å². The Labute approximate surface area is 188 Å². The number of ether oxygens (including phenoxy) is 1. The number of benzene rings is 1. The van der Waals surface area contributed by atoms with Crippen LogP contribution in [0.1, 0.15) is 37.0 Å². The van der Waals surface area contributed by atoms with Gasteiger partial charge >= 0.3 is 5.97 Å². The summed E-state index contributed by atoms with van der Waals surface area (Å²) in [5, 5.41) is 0. The zero-order valence-corrected chi connectivity index (χ0v) is 18.9.